The van der Waals surface area contributed by atoms with E-state index in [2.05, 4.69) is 5.32 Å². The van der Waals surface area contributed by atoms with E-state index in [1.807, 2.05) is 83.7 Å². The van der Waals surface area contributed by atoms with E-state index >= 15 is 0 Å². The average Bonchev–Trinajstić information content (AvgIpc) is 3.07. The summed E-state index contributed by atoms with van der Waals surface area (Å²) in [6, 6.07) is 8.14. The summed E-state index contributed by atoms with van der Waals surface area (Å²) in [6.07, 6.45) is 0.710. The SMILES string of the molecule is COC(=O)[C@H](CC(C)C)NC(=O)[C@H](CCC(=O)OC(C)(C)C)N1[C@@H](c2ccccc2)COC1(C)C. The predicted octanol–water partition coefficient (Wildman–Crippen LogP) is 3.99. The lowest BCUT2D eigenvalue weighted by Gasteiger charge is -2.40. The maximum atomic E-state index is 13.7. The van der Waals surface area contributed by atoms with Gasteiger partial charge in [0.2, 0.25) is 5.91 Å². The first-order valence-electron chi connectivity index (χ1n) is 12.3. The van der Waals surface area contributed by atoms with Crippen LogP contribution in [0.1, 0.15) is 79.3 Å². The van der Waals surface area contributed by atoms with E-state index in [1.54, 1.807) is 0 Å². The summed E-state index contributed by atoms with van der Waals surface area (Å²) in [7, 11) is 1.31. The van der Waals surface area contributed by atoms with Gasteiger partial charge in [-0.15, -0.1) is 0 Å². The van der Waals surface area contributed by atoms with Crippen LogP contribution in [0, 0.1) is 5.92 Å². The molecule has 0 aliphatic carbocycles. The molecule has 1 amide bonds. The first-order chi connectivity index (χ1) is 16.2. The Labute approximate surface area is 209 Å². The van der Waals surface area contributed by atoms with Crippen molar-refractivity contribution in [2.45, 2.75) is 97.2 Å². The molecule has 1 aliphatic heterocycles. The Morgan fingerprint density at radius 2 is 1.80 bits per heavy atom. The van der Waals surface area contributed by atoms with Crippen LogP contribution in [0.4, 0.5) is 0 Å². The third-order valence-electron chi connectivity index (χ3n) is 5.93. The monoisotopic (exact) mass is 490 g/mol. The number of carbonyl (C=O) groups excluding carboxylic acids is 3. The zero-order chi connectivity index (χ0) is 26.4. The molecule has 0 bridgehead atoms. The molecule has 1 aromatic carbocycles. The first kappa shape index (κ1) is 28.8. The van der Waals surface area contributed by atoms with Gasteiger partial charge in [-0.3, -0.25) is 14.5 Å². The van der Waals surface area contributed by atoms with Gasteiger partial charge >= 0.3 is 11.9 Å². The Balaban J connectivity index is 2.38. The average molecular weight is 491 g/mol. The van der Waals surface area contributed by atoms with Crippen LogP contribution in [0.2, 0.25) is 0 Å². The van der Waals surface area contributed by atoms with Gasteiger partial charge in [-0.2, -0.15) is 0 Å². The molecule has 1 saturated heterocycles. The second-order valence-electron chi connectivity index (χ2n) is 10.9. The topological polar surface area (TPSA) is 94.2 Å². The number of methoxy groups -OCH3 is 1. The van der Waals surface area contributed by atoms with Crippen molar-refractivity contribution in [1.29, 1.82) is 0 Å². The summed E-state index contributed by atoms with van der Waals surface area (Å²) in [5, 5.41) is 2.90. The van der Waals surface area contributed by atoms with Gasteiger partial charge in [0.15, 0.2) is 0 Å². The Bertz CT molecular complexity index is 862. The van der Waals surface area contributed by atoms with Crippen molar-refractivity contribution in [3.8, 4) is 0 Å². The van der Waals surface area contributed by atoms with E-state index in [4.69, 9.17) is 14.2 Å². The lowest BCUT2D eigenvalue weighted by molar-refractivity contribution is -0.156. The Hall–Kier alpha value is -2.45. The molecular formula is C27H42N2O6. The molecule has 0 radical (unpaired) electrons. The maximum Gasteiger partial charge on any atom is 0.328 e. The highest BCUT2D eigenvalue weighted by molar-refractivity contribution is 5.88. The van der Waals surface area contributed by atoms with Gasteiger partial charge in [0.05, 0.1) is 25.8 Å². The zero-order valence-electron chi connectivity index (χ0n) is 22.4. The number of amides is 1. The van der Waals surface area contributed by atoms with E-state index in [1.165, 1.54) is 7.11 Å². The van der Waals surface area contributed by atoms with Crippen molar-refractivity contribution < 1.29 is 28.6 Å². The van der Waals surface area contributed by atoms with Crippen LogP contribution in [-0.2, 0) is 28.6 Å². The molecule has 1 N–H and O–H groups in total. The van der Waals surface area contributed by atoms with E-state index in [9.17, 15) is 14.4 Å². The second kappa shape index (κ2) is 12.0. The van der Waals surface area contributed by atoms with Crippen LogP contribution in [0.3, 0.4) is 0 Å². The van der Waals surface area contributed by atoms with Gasteiger partial charge in [0.1, 0.15) is 17.4 Å². The molecule has 3 atom stereocenters. The summed E-state index contributed by atoms with van der Waals surface area (Å²) < 4.78 is 16.5. The molecule has 2 rings (SSSR count). The largest absolute Gasteiger partial charge is 0.467 e. The molecule has 1 aliphatic rings. The number of benzene rings is 1. The number of hydrogen-bond donors (Lipinski definition) is 1. The summed E-state index contributed by atoms with van der Waals surface area (Å²) in [5.41, 5.74) is -0.375. The highest BCUT2D eigenvalue weighted by Gasteiger charge is 2.48. The number of esters is 2. The summed E-state index contributed by atoms with van der Waals surface area (Å²) in [6.45, 7) is 13.6. The standard InChI is InChI=1S/C27H42N2O6/c1-18(2)16-20(25(32)33-8)28-24(31)21(14-15-23(30)35-26(3,4)5)29-22(17-34-27(29,6)7)19-12-10-9-11-13-19/h9-13,18,20-22H,14-17H2,1-8H3,(H,28,31)/t20-,21-,22+/m0/s1. The third kappa shape index (κ3) is 8.32. The van der Waals surface area contributed by atoms with E-state index in [0.717, 1.165) is 5.56 Å². The van der Waals surface area contributed by atoms with Gasteiger partial charge in [-0.25, -0.2) is 4.79 Å². The summed E-state index contributed by atoms with van der Waals surface area (Å²) >= 11 is 0. The molecule has 8 heteroatoms. The molecule has 196 valence electrons. The minimum atomic E-state index is -0.779. The van der Waals surface area contributed by atoms with Crippen LogP contribution in [-0.4, -0.2) is 59.9 Å². The van der Waals surface area contributed by atoms with E-state index < -0.39 is 29.4 Å². The van der Waals surface area contributed by atoms with Crippen molar-refractivity contribution in [1.82, 2.24) is 10.2 Å². The lowest BCUT2D eigenvalue weighted by atomic mass is 9.98. The van der Waals surface area contributed by atoms with Crippen molar-refractivity contribution in [3.63, 3.8) is 0 Å². The van der Waals surface area contributed by atoms with Crippen LogP contribution in [0.15, 0.2) is 30.3 Å². The number of hydrogen-bond acceptors (Lipinski definition) is 7. The quantitative estimate of drug-likeness (QED) is 0.496. The molecule has 35 heavy (non-hydrogen) atoms. The molecular weight excluding hydrogens is 448 g/mol. The molecule has 0 spiro atoms. The Morgan fingerprint density at radius 1 is 1.17 bits per heavy atom. The van der Waals surface area contributed by atoms with Crippen molar-refractivity contribution in [2.24, 2.45) is 5.92 Å². The normalized spacial score (nSPS) is 19.7. The van der Waals surface area contributed by atoms with Crippen LogP contribution in [0.5, 0.6) is 0 Å². The Morgan fingerprint density at radius 3 is 2.34 bits per heavy atom. The van der Waals surface area contributed by atoms with Crippen LogP contribution < -0.4 is 5.32 Å². The first-order valence-corrected chi connectivity index (χ1v) is 12.3. The number of carbonyl (C=O) groups is 3. The highest BCUT2D eigenvalue weighted by atomic mass is 16.6. The molecule has 1 fully saturated rings. The molecule has 0 saturated carbocycles. The molecule has 1 heterocycles. The van der Waals surface area contributed by atoms with E-state index in [0.29, 0.717) is 13.0 Å². The van der Waals surface area contributed by atoms with Crippen molar-refractivity contribution in [2.75, 3.05) is 13.7 Å². The molecule has 8 nitrogen and oxygen atoms in total. The van der Waals surface area contributed by atoms with Crippen LogP contribution >= 0.6 is 0 Å². The summed E-state index contributed by atoms with van der Waals surface area (Å²) in [5.74, 6) is -1.04. The van der Waals surface area contributed by atoms with Gasteiger partial charge in [-0.1, -0.05) is 44.2 Å². The highest BCUT2D eigenvalue weighted by Crippen LogP contribution is 2.39. The minimum absolute atomic E-state index is 0.0521. The molecule has 1 aromatic rings. The van der Waals surface area contributed by atoms with Gasteiger partial charge < -0.3 is 19.5 Å². The van der Waals surface area contributed by atoms with Gasteiger partial charge in [0.25, 0.3) is 0 Å². The number of ether oxygens (including phenoxy) is 3. The molecule has 0 unspecified atom stereocenters. The number of nitrogens with one attached hydrogen (secondary N) is 1. The fraction of sp³-hybridized carbons (Fsp3) is 0.667. The maximum absolute atomic E-state index is 13.7. The second-order valence-corrected chi connectivity index (χ2v) is 10.9. The van der Waals surface area contributed by atoms with Gasteiger partial charge in [-0.05, 0) is 58.9 Å². The zero-order valence-corrected chi connectivity index (χ0v) is 22.4. The van der Waals surface area contributed by atoms with Crippen molar-refractivity contribution in [3.05, 3.63) is 35.9 Å². The van der Waals surface area contributed by atoms with E-state index in [-0.39, 0.29) is 36.7 Å². The smallest absolute Gasteiger partial charge is 0.328 e. The fourth-order valence-corrected chi connectivity index (χ4v) is 4.48. The van der Waals surface area contributed by atoms with Crippen molar-refractivity contribution >= 4 is 17.8 Å². The van der Waals surface area contributed by atoms with Gasteiger partial charge in [0, 0.05) is 6.42 Å². The van der Waals surface area contributed by atoms with Crippen LogP contribution in [0.25, 0.3) is 0 Å². The minimum Gasteiger partial charge on any atom is -0.467 e. The molecule has 0 aromatic heterocycles. The number of rotatable bonds is 10. The predicted molar refractivity (Wildman–Crippen MR) is 133 cm³/mol. The number of nitrogens with zero attached hydrogens (tertiary/aromatic N) is 1. The lowest BCUT2D eigenvalue weighted by Crippen LogP contribution is -2.56. The fourth-order valence-electron chi connectivity index (χ4n) is 4.48. The third-order valence-corrected chi connectivity index (χ3v) is 5.93. The Kier molecular flexibility index (Phi) is 9.86. The summed E-state index contributed by atoms with van der Waals surface area (Å²) in [4.78, 5) is 40.7.